The van der Waals surface area contributed by atoms with Crippen LogP contribution in [0, 0.1) is 0 Å². The molecule has 0 bridgehead atoms. The summed E-state index contributed by atoms with van der Waals surface area (Å²) < 4.78 is 48.7. The fraction of sp³-hybridized carbons (Fsp3) is 0.333. The zero-order valence-corrected chi connectivity index (χ0v) is 18.3. The Morgan fingerprint density at radius 3 is 2.48 bits per heavy atom. The number of hydrogen-bond donors (Lipinski definition) is 1. The summed E-state index contributed by atoms with van der Waals surface area (Å²) in [7, 11) is 1.41. The van der Waals surface area contributed by atoms with Gasteiger partial charge in [0.05, 0.1) is 0 Å². The van der Waals surface area contributed by atoms with Gasteiger partial charge >= 0.3 is 12.5 Å². The number of rotatable bonds is 5. The van der Waals surface area contributed by atoms with E-state index in [1.54, 1.807) is 32.9 Å². The predicted molar refractivity (Wildman–Crippen MR) is 113 cm³/mol. The minimum atomic E-state index is -4.84. The Morgan fingerprint density at radius 1 is 1.12 bits per heavy atom. The number of hydrogen-bond acceptors (Lipinski definition) is 6. The zero-order chi connectivity index (χ0) is 24.4. The molecule has 0 fully saturated rings. The first-order chi connectivity index (χ1) is 15.3. The van der Waals surface area contributed by atoms with E-state index in [1.807, 2.05) is 0 Å². The minimum Gasteiger partial charge on any atom is -0.444 e. The van der Waals surface area contributed by atoms with Crippen molar-refractivity contribution >= 4 is 23.6 Å². The lowest BCUT2D eigenvalue weighted by Crippen LogP contribution is -2.38. The second kappa shape index (κ2) is 8.96. The molecule has 9 nitrogen and oxygen atoms in total. The number of ether oxygens (including phenoxy) is 2. The Hall–Kier alpha value is -3.83. The number of pyridine rings is 1. The number of nitrogens with zero attached hydrogens (tertiary/aromatic N) is 4. The Morgan fingerprint density at radius 2 is 1.82 bits per heavy atom. The molecule has 12 heteroatoms. The van der Waals surface area contributed by atoms with E-state index in [4.69, 9.17) is 4.74 Å². The molecule has 2 aromatic heterocycles. The van der Waals surface area contributed by atoms with Crippen molar-refractivity contribution in [2.45, 2.75) is 32.7 Å². The van der Waals surface area contributed by atoms with E-state index in [1.165, 1.54) is 42.0 Å². The van der Waals surface area contributed by atoms with Gasteiger partial charge in [0.15, 0.2) is 5.65 Å². The molecule has 0 saturated carbocycles. The van der Waals surface area contributed by atoms with Crippen molar-refractivity contribution in [1.82, 2.24) is 19.5 Å². The Labute approximate surface area is 187 Å². The smallest absolute Gasteiger partial charge is 0.444 e. The summed E-state index contributed by atoms with van der Waals surface area (Å²) in [6.07, 6.45) is -4.04. The van der Waals surface area contributed by atoms with Crippen LogP contribution in [0.5, 0.6) is 5.75 Å². The second-order valence-electron chi connectivity index (χ2n) is 8.08. The fourth-order valence-corrected chi connectivity index (χ4v) is 2.80. The molecule has 0 aliphatic rings. The second-order valence-corrected chi connectivity index (χ2v) is 8.08. The summed E-state index contributed by atoms with van der Waals surface area (Å²) in [6.45, 7) is 4.84. The third-order valence-corrected chi connectivity index (χ3v) is 4.09. The lowest BCUT2D eigenvalue weighted by molar-refractivity contribution is -0.274. The van der Waals surface area contributed by atoms with E-state index in [2.05, 4.69) is 20.1 Å². The molecule has 1 aromatic carbocycles. The molecule has 0 saturated heterocycles. The molecule has 3 aromatic rings. The highest BCUT2D eigenvalue weighted by Crippen LogP contribution is 2.33. The number of carbonyl (C=O) groups excluding carboxylic acids is 2. The minimum absolute atomic E-state index is 0.0328. The number of amides is 2. The summed E-state index contributed by atoms with van der Waals surface area (Å²) >= 11 is 0. The summed E-state index contributed by atoms with van der Waals surface area (Å²) in [4.78, 5) is 29.5. The molecule has 0 aliphatic heterocycles. The van der Waals surface area contributed by atoms with Crippen molar-refractivity contribution < 1.29 is 32.2 Å². The summed E-state index contributed by atoms with van der Waals surface area (Å²) in [5.41, 5.74) is 0.252. The average molecular weight is 465 g/mol. The SMILES string of the molecule is CN(CC(=O)Nc1nc2ccc(-c3ccccc3OC(F)(F)F)cn2n1)C(=O)OC(C)(C)C. The number of likely N-dealkylation sites (N-methyl/N-ethyl adjacent to an activating group) is 1. The van der Waals surface area contributed by atoms with Crippen LogP contribution in [-0.4, -0.2) is 57.1 Å². The predicted octanol–water partition coefficient (Wildman–Crippen LogP) is 4.10. The molecule has 0 aliphatic carbocycles. The van der Waals surface area contributed by atoms with E-state index in [0.29, 0.717) is 11.2 Å². The standard InChI is InChI=1S/C21H22F3N5O4/c1-20(2,3)33-19(31)28(4)12-17(30)26-18-25-16-10-9-13(11-29(16)27-18)14-7-5-6-8-15(14)32-21(22,23)24/h5-11H,12H2,1-4H3,(H,26,27,30). The van der Waals surface area contributed by atoms with Gasteiger partial charge in [-0.25, -0.2) is 9.31 Å². The number of para-hydroxylation sites is 1. The van der Waals surface area contributed by atoms with Gasteiger partial charge in [-0.15, -0.1) is 18.3 Å². The molecule has 2 amide bonds. The summed E-state index contributed by atoms with van der Waals surface area (Å²) in [5.74, 6) is -0.943. The van der Waals surface area contributed by atoms with E-state index in [-0.39, 0.29) is 23.8 Å². The highest BCUT2D eigenvalue weighted by molar-refractivity contribution is 5.92. The molecule has 176 valence electrons. The van der Waals surface area contributed by atoms with Crippen LogP contribution in [0.2, 0.25) is 0 Å². The number of fused-ring (bicyclic) bond motifs is 1. The van der Waals surface area contributed by atoms with E-state index < -0.39 is 24.0 Å². The zero-order valence-electron chi connectivity index (χ0n) is 18.3. The molecular weight excluding hydrogens is 443 g/mol. The first-order valence-corrected chi connectivity index (χ1v) is 9.76. The largest absolute Gasteiger partial charge is 0.573 e. The molecule has 3 rings (SSSR count). The number of aromatic nitrogens is 3. The van der Waals surface area contributed by atoms with Crippen LogP contribution in [0.3, 0.4) is 0 Å². The van der Waals surface area contributed by atoms with Gasteiger partial charge in [-0.1, -0.05) is 18.2 Å². The van der Waals surface area contributed by atoms with Gasteiger partial charge in [0, 0.05) is 24.4 Å². The molecule has 0 unspecified atom stereocenters. The van der Waals surface area contributed by atoms with Crippen LogP contribution in [0.4, 0.5) is 23.9 Å². The van der Waals surface area contributed by atoms with Crippen molar-refractivity contribution in [1.29, 1.82) is 0 Å². The maximum absolute atomic E-state index is 12.7. The normalized spacial score (nSPS) is 11.8. The average Bonchev–Trinajstić information content (AvgIpc) is 3.06. The lowest BCUT2D eigenvalue weighted by atomic mass is 10.1. The number of anilines is 1. The van der Waals surface area contributed by atoms with Crippen LogP contribution in [0.1, 0.15) is 20.8 Å². The fourth-order valence-electron chi connectivity index (χ4n) is 2.80. The molecular formula is C21H22F3N5O4. The number of halogens is 3. The number of carbonyl (C=O) groups is 2. The van der Waals surface area contributed by atoms with Crippen molar-refractivity contribution in [3.05, 3.63) is 42.6 Å². The first kappa shape index (κ1) is 23.8. The highest BCUT2D eigenvalue weighted by Gasteiger charge is 2.32. The summed E-state index contributed by atoms with van der Waals surface area (Å²) in [5, 5.41) is 6.61. The van der Waals surface area contributed by atoms with Gasteiger partial charge in [0.1, 0.15) is 17.9 Å². The van der Waals surface area contributed by atoms with E-state index >= 15 is 0 Å². The molecule has 1 N–H and O–H groups in total. The number of benzene rings is 1. The van der Waals surface area contributed by atoms with Gasteiger partial charge < -0.3 is 14.4 Å². The van der Waals surface area contributed by atoms with Crippen molar-refractivity contribution in [3.63, 3.8) is 0 Å². The molecule has 0 spiro atoms. The quantitative estimate of drug-likeness (QED) is 0.609. The number of nitrogens with one attached hydrogen (secondary N) is 1. The van der Waals surface area contributed by atoms with Crippen LogP contribution in [0.25, 0.3) is 16.8 Å². The van der Waals surface area contributed by atoms with E-state index in [0.717, 1.165) is 4.90 Å². The third-order valence-electron chi connectivity index (χ3n) is 4.09. The third kappa shape index (κ3) is 6.57. The van der Waals surface area contributed by atoms with Gasteiger partial charge in [-0.2, -0.15) is 4.98 Å². The van der Waals surface area contributed by atoms with Gasteiger partial charge in [-0.05, 0) is 39.0 Å². The van der Waals surface area contributed by atoms with Crippen molar-refractivity contribution in [2.75, 3.05) is 18.9 Å². The van der Waals surface area contributed by atoms with Crippen LogP contribution >= 0.6 is 0 Å². The van der Waals surface area contributed by atoms with Crippen molar-refractivity contribution in [2.24, 2.45) is 0 Å². The van der Waals surface area contributed by atoms with Gasteiger partial charge in [-0.3, -0.25) is 10.1 Å². The van der Waals surface area contributed by atoms with Crippen LogP contribution < -0.4 is 10.1 Å². The lowest BCUT2D eigenvalue weighted by Gasteiger charge is -2.24. The molecule has 0 radical (unpaired) electrons. The van der Waals surface area contributed by atoms with Gasteiger partial charge in [0.25, 0.3) is 0 Å². The molecule has 0 atom stereocenters. The van der Waals surface area contributed by atoms with Crippen molar-refractivity contribution in [3.8, 4) is 16.9 Å². The Balaban J connectivity index is 1.75. The van der Waals surface area contributed by atoms with Crippen LogP contribution in [0.15, 0.2) is 42.6 Å². The topological polar surface area (TPSA) is 98.1 Å². The maximum Gasteiger partial charge on any atom is 0.573 e. The molecule has 2 heterocycles. The number of alkyl halides is 3. The van der Waals surface area contributed by atoms with Gasteiger partial charge in [0.2, 0.25) is 11.9 Å². The maximum atomic E-state index is 12.7. The summed E-state index contributed by atoms with van der Waals surface area (Å²) in [6, 6.07) is 8.80. The first-order valence-electron chi connectivity index (χ1n) is 9.76. The molecule has 33 heavy (non-hydrogen) atoms. The monoisotopic (exact) mass is 465 g/mol. The van der Waals surface area contributed by atoms with Crippen LogP contribution in [-0.2, 0) is 9.53 Å². The highest BCUT2D eigenvalue weighted by atomic mass is 19.4. The Bertz CT molecular complexity index is 1170. The Kier molecular flexibility index (Phi) is 6.47. The van der Waals surface area contributed by atoms with E-state index in [9.17, 15) is 22.8 Å².